The summed E-state index contributed by atoms with van der Waals surface area (Å²) in [5.41, 5.74) is 0.320. The number of rotatable bonds is 5. The highest BCUT2D eigenvalue weighted by Gasteiger charge is 2.36. The van der Waals surface area contributed by atoms with E-state index in [2.05, 4.69) is 15.7 Å². The molecule has 2 N–H and O–H groups in total. The van der Waals surface area contributed by atoms with E-state index >= 15 is 0 Å². The second kappa shape index (κ2) is 7.79. The molecule has 0 bridgehead atoms. The van der Waals surface area contributed by atoms with Gasteiger partial charge >= 0.3 is 5.97 Å². The van der Waals surface area contributed by atoms with Crippen LogP contribution in [0.25, 0.3) is 0 Å². The lowest BCUT2D eigenvalue weighted by atomic mass is 9.89. The van der Waals surface area contributed by atoms with Crippen LogP contribution in [0, 0.1) is 11.3 Å². The summed E-state index contributed by atoms with van der Waals surface area (Å²) < 4.78 is 6.49. The van der Waals surface area contributed by atoms with Gasteiger partial charge in [-0.25, -0.2) is 0 Å². The number of ether oxygens (including phenoxy) is 1. The zero-order chi connectivity index (χ0) is 16.3. The van der Waals surface area contributed by atoms with E-state index in [4.69, 9.17) is 4.74 Å². The summed E-state index contributed by atoms with van der Waals surface area (Å²) >= 11 is 0. The summed E-state index contributed by atoms with van der Waals surface area (Å²) in [5.74, 6) is -0.426. The fourth-order valence-electron chi connectivity index (χ4n) is 2.72. The smallest absolute Gasteiger partial charge is 0.313 e. The van der Waals surface area contributed by atoms with Crippen molar-refractivity contribution in [2.24, 2.45) is 18.4 Å². The lowest BCUT2D eigenvalue weighted by Crippen LogP contribution is -2.43. The molecule has 23 heavy (non-hydrogen) atoms. The molecule has 1 aliphatic rings. The molecule has 0 radical (unpaired) electrons. The molecule has 8 heteroatoms. The zero-order valence-corrected chi connectivity index (χ0v) is 14.8. The highest BCUT2D eigenvalue weighted by atomic mass is 35.5. The fourth-order valence-corrected chi connectivity index (χ4v) is 2.72. The van der Waals surface area contributed by atoms with E-state index in [0.29, 0.717) is 6.54 Å². The van der Waals surface area contributed by atoms with Gasteiger partial charge in [0, 0.05) is 38.8 Å². The molecule has 2 rings (SSSR count). The Morgan fingerprint density at radius 2 is 2.17 bits per heavy atom. The van der Waals surface area contributed by atoms with Gasteiger partial charge in [0.2, 0.25) is 5.91 Å². The van der Waals surface area contributed by atoms with Crippen LogP contribution in [0.5, 0.6) is 0 Å². The van der Waals surface area contributed by atoms with Crippen LogP contribution in [0.4, 0.5) is 0 Å². The Morgan fingerprint density at radius 1 is 1.48 bits per heavy atom. The van der Waals surface area contributed by atoms with Gasteiger partial charge in [0.1, 0.15) is 0 Å². The maximum Gasteiger partial charge on any atom is 0.313 e. The van der Waals surface area contributed by atoms with Gasteiger partial charge in [-0.3, -0.25) is 14.3 Å². The minimum absolute atomic E-state index is 0. The van der Waals surface area contributed by atoms with Crippen molar-refractivity contribution in [1.82, 2.24) is 20.4 Å². The molecule has 7 nitrogen and oxygen atoms in total. The SMILES string of the molecule is COC(=O)C(C)(C)CNC(=O)[C@H]1CNC[C@@H]1c1cnn(C)c1.Cl. The molecule has 0 spiro atoms. The number of aryl methyl sites for hydroxylation is 1. The molecular weight excluding hydrogens is 320 g/mol. The Balaban J connectivity index is 0.00000264. The van der Waals surface area contributed by atoms with Crippen molar-refractivity contribution in [1.29, 1.82) is 0 Å². The lowest BCUT2D eigenvalue weighted by Gasteiger charge is -2.24. The summed E-state index contributed by atoms with van der Waals surface area (Å²) in [4.78, 5) is 24.1. The maximum atomic E-state index is 12.5. The van der Waals surface area contributed by atoms with Gasteiger partial charge in [0.05, 0.1) is 24.6 Å². The van der Waals surface area contributed by atoms with Crippen LogP contribution >= 0.6 is 12.4 Å². The normalized spacial score (nSPS) is 20.7. The van der Waals surface area contributed by atoms with Crippen LogP contribution in [0.1, 0.15) is 25.3 Å². The molecule has 2 atom stereocenters. The molecule has 2 heterocycles. The van der Waals surface area contributed by atoms with Crippen molar-refractivity contribution in [3.63, 3.8) is 0 Å². The summed E-state index contributed by atoms with van der Waals surface area (Å²) in [7, 11) is 3.21. The first kappa shape index (κ1) is 19.4. The minimum Gasteiger partial charge on any atom is -0.469 e. The van der Waals surface area contributed by atoms with Crippen LogP contribution in [0.3, 0.4) is 0 Å². The summed E-state index contributed by atoms with van der Waals surface area (Å²) in [6.07, 6.45) is 3.74. The number of halogens is 1. The van der Waals surface area contributed by atoms with E-state index < -0.39 is 5.41 Å². The number of aromatic nitrogens is 2. The third-order valence-corrected chi connectivity index (χ3v) is 4.15. The molecule has 0 saturated carbocycles. The largest absolute Gasteiger partial charge is 0.469 e. The third-order valence-electron chi connectivity index (χ3n) is 4.15. The van der Waals surface area contributed by atoms with Gasteiger partial charge in [-0.15, -0.1) is 12.4 Å². The maximum absolute atomic E-state index is 12.5. The Morgan fingerprint density at radius 3 is 2.74 bits per heavy atom. The van der Waals surface area contributed by atoms with Gasteiger partial charge in [-0.1, -0.05) is 0 Å². The van der Waals surface area contributed by atoms with Crippen LogP contribution in [0.15, 0.2) is 12.4 Å². The molecule has 130 valence electrons. The predicted octanol–water partition coefficient (Wildman–Crippen LogP) is 0.460. The average Bonchev–Trinajstić information content (AvgIpc) is 3.12. The highest BCUT2D eigenvalue weighted by Crippen LogP contribution is 2.28. The number of nitrogens with one attached hydrogen (secondary N) is 2. The first-order chi connectivity index (χ1) is 10.3. The van der Waals surface area contributed by atoms with Gasteiger partial charge in [0.25, 0.3) is 0 Å². The Hall–Kier alpha value is -1.60. The Bertz CT molecular complexity index is 559. The minimum atomic E-state index is -0.736. The monoisotopic (exact) mass is 344 g/mol. The predicted molar refractivity (Wildman–Crippen MR) is 88.4 cm³/mol. The van der Waals surface area contributed by atoms with Gasteiger partial charge in [-0.05, 0) is 19.4 Å². The second-order valence-electron chi connectivity index (χ2n) is 6.41. The first-order valence-electron chi connectivity index (χ1n) is 7.40. The third kappa shape index (κ3) is 4.45. The van der Waals surface area contributed by atoms with E-state index in [9.17, 15) is 9.59 Å². The molecule has 1 aromatic heterocycles. The summed E-state index contributed by atoms with van der Waals surface area (Å²) in [5, 5.41) is 10.3. The number of methoxy groups -OCH3 is 1. The number of esters is 1. The number of carbonyl (C=O) groups is 2. The van der Waals surface area contributed by atoms with Crippen LogP contribution < -0.4 is 10.6 Å². The van der Waals surface area contributed by atoms with Crippen molar-refractivity contribution in [2.75, 3.05) is 26.7 Å². The molecule has 0 unspecified atom stereocenters. The second-order valence-corrected chi connectivity index (χ2v) is 6.41. The number of amides is 1. The standard InChI is InChI=1S/C15H24N4O3.ClH/c1-15(2,14(21)22-4)9-17-13(20)12-7-16-6-11(12)10-5-18-19(3)8-10;/h5,8,11-12,16H,6-7,9H2,1-4H3,(H,17,20);1H/t11-,12+;/m1./s1. The summed E-state index contributed by atoms with van der Waals surface area (Å²) in [6.45, 7) is 5.15. The molecule has 1 aromatic rings. The van der Waals surface area contributed by atoms with Crippen molar-refractivity contribution < 1.29 is 14.3 Å². The van der Waals surface area contributed by atoms with Gasteiger partial charge in [0.15, 0.2) is 0 Å². The summed E-state index contributed by atoms with van der Waals surface area (Å²) in [6, 6.07) is 0. The zero-order valence-electron chi connectivity index (χ0n) is 14.0. The lowest BCUT2D eigenvalue weighted by molar-refractivity contribution is -0.150. The van der Waals surface area contributed by atoms with Crippen LogP contribution in [-0.2, 0) is 21.4 Å². The van der Waals surface area contributed by atoms with E-state index in [-0.39, 0.29) is 42.7 Å². The molecule has 1 fully saturated rings. The number of hydrogen-bond donors (Lipinski definition) is 2. The fraction of sp³-hybridized carbons (Fsp3) is 0.667. The number of carbonyl (C=O) groups excluding carboxylic acids is 2. The van der Waals surface area contributed by atoms with E-state index in [1.165, 1.54) is 7.11 Å². The number of nitrogens with zero attached hydrogens (tertiary/aromatic N) is 2. The highest BCUT2D eigenvalue weighted by molar-refractivity contribution is 5.85. The van der Waals surface area contributed by atoms with E-state index in [1.54, 1.807) is 24.7 Å². The van der Waals surface area contributed by atoms with Crippen molar-refractivity contribution in [2.45, 2.75) is 19.8 Å². The average molecular weight is 345 g/mol. The van der Waals surface area contributed by atoms with E-state index in [0.717, 1.165) is 12.1 Å². The molecule has 0 aliphatic carbocycles. The molecule has 0 aromatic carbocycles. The van der Waals surface area contributed by atoms with Crippen molar-refractivity contribution in [3.05, 3.63) is 18.0 Å². The van der Waals surface area contributed by atoms with Gasteiger partial charge < -0.3 is 15.4 Å². The van der Waals surface area contributed by atoms with Gasteiger partial charge in [-0.2, -0.15) is 5.10 Å². The quantitative estimate of drug-likeness (QED) is 0.758. The first-order valence-corrected chi connectivity index (χ1v) is 7.40. The molecule has 1 amide bonds. The van der Waals surface area contributed by atoms with Crippen LogP contribution in [-0.4, -0.2) is 48.4 Å². The Labute approximate surface area is 142 Å². The van der Waals surface area contributed by atoms with Crippen molar-refractivity contribution in [3.8, 4) is 0 Å². The Kier molecular flexibility index (Phi) is 6.58. The van der Waals surface area contributed by atoms with Crippen molar-refractivity contribution >= 4 is 24.3 Å². The molecule has 1 aliphatic heterocycles. The topological polar surface area (TPSA) is 85.2 Å². The van der Waals surface area contributed by atoms with E-state index in [1.807, 2.05) is 13.2 Å². The van der Waals surface area contributed by atoms with Crippen LogP contribution in [0.2, 0.25) is 0 Å². The number of hydrogen-bond acceptors (Lipinski definition) is 5. The molecular formula is C15H25ClN4O3. The molecule has 1 saturated heterocycles.